The third-order valence-corrected chi connectivity index (χ3v) is 7.24. The molecule has 4 aliphatic rings. The Balaban J connectivity index is 1.49. The maximum atomic E-state index is 14.9. The van der Waals surface area contributed by atoms with Crippen molar-refractivity contribution in [2.75, 3.05) is 39.4 Å². The largest absolute Gasteiger partial charge is 0.483 e. The monoisotopic (exact) mass is 448 g/mol. The van der Waals surface area contributed by atoms with Gasteiger partial charge in [-0.15, -0.1) is 11.6 Å². The highest BCUT2D eigenvalue weighted by Crippen LogP contribution is 2.47. The third-order valence-electron chi connectivity index (χ3n) is 6.84. The van der Waals surface area contributed by atoms with Gasteiger partial charge in [0.05, 0.1) is 30.7 Å². The lowest BCUT2D eigenvalue weighted by molar-refractivity contribution is -0.135. The zero-order valence-electron chi connectivity index (χ0n) is 17.3. The van der Waals surface area contributed by atoms with E-state index >= 15 is 0 Å². The van der Waals surface area contributed by atoms with Crippen molar-refractivity contribution in [2.45, 2.75) is 36.8 Å². The lowest BCUT2D eigenvalue weighted by atomic mass is 9.77. The molecule has 0 spiro atoms. The normalized spacial score (nSPS) is 31.5. The van der Waals surface area contributed by atoms with Gasteiger partial charge in [0.2, 0.25) is 0 Å². The number of fused-ring (bicyclic) bond motifs is 1. The standard InChI is InChI=1S/C23H26ClFN2O4/c24-14-5-6-18-16(13-14)21(28)19-20(15-3-1-2-4-17(15)25)27(23(29)22(19)31-18)8-7-26-9-11-30-12-10-26/h1-4,14,16,18,20H,5-13H2. The van der Waals surface area contributed by atoms with Crippen molar-refractivity contribution in [2.24, 2.45) is 5.92 Å². The summed E-state index contributed by atoms with van der Waals surface area (Å²) < 4.78 is 26.4. The summed E-state index contributed by atoms with van der Waals surface area (Å²) in [5.74, 6) is -1.15. The lowest BCUT2D eigenvalue weighted by Gasteiger charge is -2.37. The molecule has 6 nitrogen and oxygen atoms in total. The Morgan fingerprint density at radius 2 is 1.87 bits per heavy atom. The van der Waals surface area contributed by atoms with Gasteiger partial charge in [-0.1, -0.05) is 18.2 Å². The number of morpholine rings is 1. The van der Waals surface area contributed by atoms with Crippen LogP contribution < -0.4 is 0 Å². The zero-order valence-corrected chi connectivity index (χ0v) is 18.0. The number of rotatable bonds is 4. The molecule has 3 heterocycles. The highest BCUT2D eigenvalue weighted by atomic mass is 35.5. The van der Waals surface area contributed by atoms with E-state index in [-0.39, 0.29) is 34.8 Å². The molecule has 31 heavy (non-hydrogen) atoms. The molecular weight excluding hydrogens is 423 g/mol. The number of halogens is 2. The van der Waals surface area contributed by atoms with E-state index in [0.29, 0.717) is 50.3 Å². The Morgan fingerprint density at radius 1 is 1.10 bits per heavy atom. The van der Waals surface area contributed by atoms with Crippen LogP contribution in [0.1, 0.15) is 30.9 Å². The second-order valence-electron chi connectivity index (χ2n) is 8.66. The first-order valence-electron chi connectivity index (χ1n) is 11.0. The average Bonchev–Trinajstić information content (AvgIpc) is 3.06. The van der Waals surface area contributed by atoms with Crippen LogP contribution in [0.25, 0.3) is 0 Å². The second-order valence-corrected chi connectivity index (χ2v) is 9.27. The molecule has 8 heteroatoms. The van der Waals surface area contributed by atoms with Crippen molar-refractivity contribution in [3.8, 4) is 0 Å². The average molecular weight is 449 g/mol. The molecule has 1 saturated heterocycles. The van der Waals surface area contributed by atoms with Gasteiger partial charge in [0.1, 0.15) is 11.9 Å². The van der Waals surface area contributed by atoms with Crippen LogP contribution in [-0.4, -0.2) is 72.4 Å². The Hall–Kier alpha value is -1.96. The number of benzene rings is 1. The maximum absolute atomic E-state index is 14.9. The number of carbonyl (C=O) groups excluding carboxylic acids is 2. The van der Waals surface area contributed by atoms with Crippen molar-refractivity contribution in [3.63, 3.8) is 0 Å². The van der Waals surface area contributed by atoms with Gasteiger partial charge in [-0.2, -0.15) is 0 Å². The van der Waals surface area contributed by atoms with Gasteiger partial charge < -0.3 is 14.4 Å². The molecule has 3 aliphatic heterocycles. The first-order chi connectivity index (χ1) is 15.0. The SMILES string of the molecule is O=C1C2=C(OC3CCC(Cl)CC13)C(=O)N(CCN1CCOCC1)C2c1ccccc1F. The minimum absolute atomic E-state index is 0.0858. The number of carbonyl (C=O) groups is 2. The molecule has 1 aliphatic carbocycles. The van der Waals surface area contributed by atoms with Crippen LogP contribution in [0.15, 0.2) is 35.6 Å². The predicted molar refractivity (Wildman–Crippen MR) is 112 cm³/mol. The van der Waals surface area contributed by atoms with Gasteiger partial charge in [-0.3, -0.25) is 14.5 Å². The molecule has 0 bridgehead atoms. The van der Waals surface area contributed by atoms with Crippen LogP contribution in [0.5, 0.6) is 0 Å². The van der Waals surface area contributed by atoms with Crippen LogP contribution in [0, 0.1) is 11.7 Å². The topological polar surface area (TPSA) is 59.1 Å². The summed E-state index contributed by atoms with van der Waals surface area (Å²) >= 11 is 6.34. The molecule has 1 amide bonds. The van der Waals surface area contributed by atoms with E-state index in [2.05, 4.69) is 4.90 Å². The molecule has 2 fully saturated rings. The molecule has 0 N–H and O–H groups in total. The highest BCUT2D eigenvalue weighted by Gasteiger charge is 2.53. The lowest BCUT2D eigenvalue weighted by Crippen LogP contribution is -2.43. The van der Waals surface area contributed by atoms with Crippen LogP contribution in [0.2, 0.25) is 0 Å². The van der Waals surface area contributed by atoms with Crippen molar-refractivity contribution in [1.29, 1.82) is 0 Å². The Morgan fingerprint density at radius 3 is 2.65 bits per heavy atom. The molecule has 166 valence electrons. The Labute approximate surface area is 185 Å². The van der Waals surface area contributed by atoms with E-state index in [4.69, 9.17) is 21.1 Å². The number of ketones is 1. The van der Waals surface area contributed by atoms with E-state index < -0.39 is 11.9 Å². The summed E-state index contributed by atoms with van der Waals surface area (Å²) in [6.45, 7) is 3.90. The molecule has 0 aromatic heterocycles. The van der Waals surface area contributed by atoms with Gasteiger partial charge in [-0.25, -0.2) is 4.39 Å². The number of Topliss-reactive ketones (excluding diaryl/α,β-unsaturated/α-hetero) is 1. The van der Waals surface area contributed by atoms with Gasteiger partial charge in [0.15, 0.2) is 11.5 Å². The summed E-state index contributed by atoms with van der Waals surface area (Å²) in [6.07, 6.45) is 1.59. The molecule has 4 unspecified atom stereocenters. The van der Waals surface area contributed by atoms with Gasteiger partial charge in [0, 0.05) is 37.1 Å². The smallest absolute Gasteiger partial charge is 0.290 e. The molecule has 0 radical (unpaired) electrons. The second kappa shape index (κ2) is 8.52. The molecular formula is C23H26ClFN2O4. The number of alkyl halides is 1. The first kappa shape index (κ1) is 20.9. The Kier molecular flexibility index (Phi) is 5.75. The zero-order chi connectivity index (χ0) is 21.5. The molecule has 1 saturated carbocycles. The van der Waals surface area contributed by atoms with E-state index in [1.165, 1.54) is 6.07 Å². The van der Waals surface area contributed by atoms with Gasteiger partial charge >= 0.3 is 0 Å². The number of hydrogen-bond acceptors (Lipinski definition) is 5. The minimum Gasteiger partial charge on any atom is -0.483 e. The van der Waals surface area contributed by atoms with Gasteiger partial charge in [-0.05, 0) is 25.3 Å². The summed E-state index contributed by atoms with van der Waals surface area (Å²) in [4.78, 5) is 30.8. The fraction of sp³-hybridized carbons (Fsp3) is 0.565. The molecule has 4 atom stereocenters. The van der Waals surface area contributed by atoms with Gasteiger partial charge in [0.25, 0.3) is 5.91 Å². The summed E-state index contributed by atoms with van der Waals surface area (Å²) in [5.41, 5.74) is 0.626. The van der Waals surface area contributed by atoms with E-state index in [9.17, 15) is 14.0 Å². The first-order valence-corrected chi connectivity index (χ1v) is 11.4. The molecule has 1 aromatic carbocycles. The fourth-order valence-electron chi connectivity index (χ4n) is 5.19. The van der Waals surface area contributed by atoms with Crippen LogP contribution in [0.4, 0.5) is 4.39 Å². The third kappa shape index (κ3) is 3.77. The number of hydrogen-bond donors (Lipinski definition) is 0. The summed E-state index contributed by atoms with van der Waals surface area (Å²) in [5, 5.41) is -0.0858. The minimum atomic E-state index is -0.770. The van der Waals surface area contributed by atoms with Crippen molar-refractivity contribution >= 4 is 23.3 Å². The van der Waals surface area contributed by atoms with Crippen molar-refractivity contribution in [3.05, 3.63) is 47.0 Å². The summed E-state index contributed by atoms with van der Waals surface area (Å²) in [6, 6.07) is 5.58. The maximum Gasteiger partial charge on any atom is 0.290 e. The van der Waals surface area contributed by atoms with Crippen LogP contribution in [-0.2, 0) is 19.1 Å². The van der Waals surface area contributed by atoms with E-state index in [0.717, 1.165) is 19.5 Å². The summed E-state index contributed by atoms with van der Waals surface area (Å²) in [7, 11) is 0. The predicted octanol–water partition coefficient (Wildman–Crippen LogP) is 2.67. The highest BCUT2D eigenvalue weighted by molar-refractivity contribution is 6.21. The molecule has 1 aromatic rings. The number of amides is 1. The quantitative estimate of drug-likeness (QED) is 0.663. The fourth-order valence-corrected chi connectivity index (χ4v) is 5.51. The molecule has 5 rings (SSSR count). The van der Waals surface area contributed by atoms with E-state index in [1.54, 1.807) is 23.1 Å². The van der Waals surface area contributed by atoms with E-state index in [1.807, 2.05) is 0 Å². The Bertz CT molecular complexity index is 917. The van der Waals surface area contributed by atoms with Crippen LogP contribution >= 0.6 is 11.6 Å². The number of nitrogens with zero attached hydrogens (tertiary/aromatic N) is 2. The van der Waals surface area contributed by atoms with Crippen molar-refractivity contribution in [1.82, 2.24) is 9.80 Å². The van der Waals surface area contributed by atoms with Crippen molar-refractivity contribution < 1.29 is 23.5 Å². The van der Waals surface area contributed by atoms with Crippen LogP contribution in [0.3, 0.4) is 0 Å². The number of ether oxygens (including phenoxy) is 2.